The van der Waals surface area contributed by atoms with E-state index in [0.717, 1.165) is 16.3 Å². The number of hydrogen-bond acceptors (Lipinski definition) is 3. The van der Waals surface area contributed by atoms with Crippen LogP contribution in [0.3, 0.4) is 0 Å². The van der Waals surface area contributed by atoms with Crippen LogP contribution in [0.2, 0.25) is 0 Å². The van der Waals surface area contributed by atoms with Crippen molar-refractivity contribution in [1.82, 2.24) is 0 Å². The quantitative estimate of drug-likeness (QED) is 0.789. The Morgan fingerprint density at radius 1 is 1.57 bits per heavy atom. The molecular weight excluding hydrogens is 201 g/mol. The zero-order valence-corrected chi connectivity index (χ0v) is 8.48. The molecule has 1 atom stereocenters. The molecule has 1 aromatic rings. The molecule has 0 bridgehead atoms. The third-order valence-corrected chi connectivity index (χ3v) is 3.45. The first-order valence-corrected chi connectivity index (χ1v) is 5.58. The molecule has 4 heteroatoms. The maximum Gasteiger partial charge on any atom is 0.125 e. The molecule has 0 saturated heterocycles. The molecule has 0 saturated carbocycles. The molecule has 1 heterocycles. The molecule has 2 N–H and O–H groups in total. The van der Waals surface area contributed by atoms with Gasteiger partial charge in [0, 0.05) is 23.3 Å². The third-order valence-electron chi connectivity index (χ3n) is 2.22. The number of anilines is 1. The van der Waals surface area contributed by atoms with Gasteiger partial charge in [-0.05, 0) is 24.6 Å². The first-order valence-electron chi connectivity index (χ1n) is 4.59. The van der Waals surface area contributed by atoms with Crippen molar-refractivity contribution in [2.45, 2.75) is 17.4 Å². The molecule has 1 aliphatic rings. The second kappa shape index (κ2) is 4.19. The van der Waals surface area contributed by atoms with Crippen molar-refractivity contribution in [1.29, 1.82) is 0 Å². The summed E-state index contributed by atoms with van der Waals surface area (Å²) in [6.07, 6.45) is 0.711. The smallest absolute Gasteiger partial charge is 0.125 e. The molecule has 76 valence electrons. The van der Waals surface area contributed by atoms with E-state index >= 15 is 0 Å². The van der Waals surface area contributed by atoms with E-state index < -0.39 is 0 Å². The van der Waals surface area contributed by atoms with Crippen molar-refractivity contribution in [3.63, 3.8) is 0 Å². The summed E-state index contributed by atoms with van der Waals surface area (Å²) in [5.41, 5.74) is 0.847. The van der Waals surface area contributed by atoms with Crippen LogP contribution in [-0.2, 0) is 0 Å². The van der Waals surface area contributed by atoms with Crippen molar-refractivity contribution in [3.8, 4) is 0 Å². The van der Waals surface area contributed by atoms with Crippen LogP contribution in [0.4, 0.5) is 10.1 Å². The van der Waals surface area contributed by atoms with Crippen molar-refractivity contribution >= 4 is 17.4 Å². The normalized spacial score (nSPS) is 20.0. The van der Waals surface area contributed by atoms with Gasteiger partial charge in [0.2, 0.25) is 0 Å². The van der Waals surface area contributed by atoms with Crippen molar-refractivity contribution in [2.24, 2.45) is 0 Å². The van der Waals surface area contributed by atoms with Gasteiger partial charge in [0.05, 0.1) is 5.69 Å². The van der Waals surface area contributed by atoms with Crippen molar-refractivity contribution in [2.75, 3.05) is 17.7 Å². The monoisotopic (exact) mass is 213 g/mol. The van der Waals surface area contributed by atoms with E-state index in [1.165, 1.54) is 12.1 Å². The summed E-state index contributed by atoms with van der Waals surface area (Å²) in [5, 5.41) is 12.0. The Hall–Kier alpha value is -0.740. The van der Waals surface area contributed by atoms with Crippen LogP contribution >= 0.6 is 11.8 Å². The van der Waals surface area contributed by atoms with Crippen LogP contribution in [0.5, 0.6) is 0 Å². The second-order valence-electron chi connectivity index (χ2n) is 3.31. The lowest BCUT2D eigenvalue weighted by atomic mass is 10.2. The minimum absolute atomic E-state index is 0.170. The number of halogens is 1. The Bertz CT molecular complexity index is 332. The lowest BCUT2D eigenvalue weighted by Crippen LogP contribution is -2.26. The van der Waals surface area contributed by atoms with E-state index in [2.05, 4.69) is 5.32 Å². The SMILES string of the molecule is OCCC1CSc2ccc(F)cc2N1. The summed E-state index contributed by atoms with van der Waals surface area (Å²) in [6, 6.07) is 5.02. The fraction of sp³-hybridized carbons (Fsp3) is 0.400. The molecule has 0 fully saturated rings. The van der Waals surface area contributed by atoms with Gasteiger partial charge in [-0.15, -0.1) is 11.8 Å². The van der Waals surface area contributed by atoms with Gasteiger partial charge in [-0.25, -0.2) is 4.39 Å². The summed E-state index contributed by atoms with van der Waals surface area (Å²) in [6.45, 7) is 0.170. The van der Waals surface area contributed by atoms with Gasteiger partial charge < -0.3 is 10.4 Å². The van der Waals surface area contributed by atoms with E-state index in [-0.39, 0.29) is 18.5 Å². The number of aliphatic hydroxyl groups excluding tert-OH is 1. The summed E-state index contributed by atoms with van der Waals surface area (Å²) >= 11 is 1.71. The first-order chi connectivity index (χ1) is 6.79. The van der Waals surface area contributed by atoms with Gasteiger partial charge in [0.15, 0.2) is 0 Å². The van der Waals surface area contributed by atoms with Crippen LogP contribution < -0.4 is 5.32 Å². The van der Waals surface area contributed by atoms with Crippen LogP contribution in [0.15, 0.2) is 23.1 Å². The molecule has 2 rings (SSSR count). The van der Waals surface area contributed by atoms with Crippen LogP contribution in [0, 0.1) is 5.82 Å². The number of hydrogen-bond donors (Lipinski definition) is 2. The minimum atomic E-state index is -0.221. The Labute approximate surface area is 86.5 Å². The fourth-order valence-electron chi connectivity index (χ4n) is 1.50. The first kappa shape index (κ1) is 9.80. The van der Waals surface area contributed by atoms with E-state index in [1.807, 2.05) is 0 Å². The van der Waals surface area contributed by atoms with Gasteiger partial charge in [-0.3, -0.25) is 0 Å². The van der Waals surface area contributed by atoms with Crippen molar-refractivity contribution in [3.05, 3.63) is 24.0 Å². The number of aliphatic hydroxyl groups is 1. The van der Waals surface area contributed by atoms with Gasteiger partial charge in [-0.2, -0.15) is 0 Å². The summed E-state index contributed by atoms with van der Waals surface area (Å²) < 4.78 is 12.9. The minimum Gasteiger partial charge on any atom is -0.396 e. The lowest BCUT2D eigenvalue weighted by Gasteiger charge is -2.25. The molecule has 0 aliphatic carbocycles. The Kier molecular flexibility index (Phi) is 2.93. The molecule has 1 aromatic carbocycles. The van der Waals surface area contributed by atoms with Gasteiger partial charge in [0.25, 0.3) is 0 Å². The zero-order chi connectivity index (χ0) is 9.97. The van der Waals surface area contributed by atoms with Gasteiger partial charge >= 0.3 is 0 Å². The van der Waals surface area contributed by atoms with Gasteiger partial charge in [0.1, 0.15) is 5.82 Å². The largest absolute Gasteiger partial charge is 0.396 e. The molecular formula is C10H12FNOS. The maximum atomic E-state index is 12.9. The molecule has 0 aromatic heterocycles. The fourth-order valence-corrected chi connectivity index (χ4v) is 2.57. The predicted octanol–water partition coefficient (Wildman–Crippen LogP) is 2.09. The predicted molar refractivity (Wildman–Crippen MR) is 56.2 cm³/mol. The zero-order valence-electron chi connectivity index (χ0n) is 7.66. The highest BCUT2D eigenvalue weighted by molar-refractivity contribution is 7.99. The summed E-state index contributed by atoms with van der Waals surface area (Å²) in [5.74, 6) is 0.709. The van der Waals surface area contributed by atoms with E-state index in [1.54, 1.807) is 17.8 Å². The molecule has 1 aliphatic heterocycles. The van der Waals surface area contributed by atoms with Crippen LogP contribution in [0.25, 0.3) is 0 Å². The highest BCUT2D eigenvalue weighted by Gasteiger charge is 2.17. The van der Waals surface area contributed by atoms with E-state index in [4.69, 9.17) is 5.11 Å². The average molecular weight is 213 g/mol. The molecule has 14 heavy (non-hydrogen) atoms. The summed E-state index contributed by atoms with van der Waals surface area (Å²) in [4.78, 5) is 1.08. The number of nitrogens with one attached hydrogen (secondary N) is 1. The Balaban J connectivity index is 2.16. The van der Waals surface area contributed by atoms with E-state index in [0.29, 0.717) is 6.42 Å². The second-order valence-corrected chi connectivity index (χ2v) is 4.37. The maximum absolute atomic E-state index is 12.9. The van der Waals surface area contributed by atoms with E-state index in [9.17, 15) is 4.39 Å². The average Bonchev–Trinajstić information content (AvgIpc) is 2.17. The molecule has 0 spiro atoms. The number of fused-ring (bicyclic) bond motifs is 1. The lowest BCUT2D eigenvalue weighted by molar-refractivity contribution is 0.282. The number of rotatable bonds is 2. The third kappa shape index (κ3) is 2.01. The number of thioether (sulfide) groups is 1. The molecule has 2 nitrogen and oxygen atoms in total. The summed E-state index contributed by atoms with van der Waals surface area (Å²) in [7, 11) is 0. The van der Waals surface area contributed by atoms with Gasteiger partial charge in [-0.1, -0.05) is 0 Å². The molecule has 1 unspecified atom stereocenters. The highest BCUT2D eigenvalue weighted by atomic mass is 32.2. The molecule has 0 radical (unpaired) electrons. The van der Waals surface area contributed by atoms with Crippen LogP contribution in [-0.4, -0.2) is 23.5 Å². The Morgan fingerprint density at radius 2 is 2.43 bits per heavy atom. The molecule has 0 amide bonds. The Morgan fingerprint density at radius 3 is 3.21 bits per heavy atom. The van der Waals surface area contributed by atoms with Crippen LogP contribution in [0.1, 0.15) is 6.42 Å². The highest BCUT2D eigenvalue weighted by Crippen LogP contribution is 2.33. The topological polar surface area (TPSA) is 32.3 Å². The van der Waals surface area contributed by atoms with Crippen molar-refractivity contribution < 1.29 is 9.50 Å². The number of benzene rings is 1. The standard InChI is InChI=1S/C10H12FNOS/c11-7-1-2-10-9(5-7)12-8(3-4-13)6-14-10/h1-2,5,8,12-13H,3-4,6H2.